The van der Waals surface area contributed by atoms with E-state index < -0.39 is 11.2 Å². The number of rotatable bonds is 3. The highest BCUT2D eigenvalue weighted by Crippen LogP contribution is 2.33. The van der Waals surface area contributed by atoms with E-state index in [-0.39, 0.29) is 17.4 Å². The van der Waals surface area contributed by atoms with Crippen LogP contribution in [0.2, 0.25) is 5.02 Å². The van der Waals surface area contributed by atoms with Gasteiger partial charge in [0.2, 0.25) is 0 Å². The summed E-state index contributed by atoms with van der Waals surface area (Å²) in [6.45, 7) is 3.55. The van der Waals surface area contributed by atoms with Crippen molar-refractivity contribution in [1.29, 1.82) is 0 Å². The van der Waals surface area contributed by atoms with Crippen LogP contribution in [0.25, 0.3) is 0 Å². The molecule has 84 valence electrons. The van der Waals surface area contributed by atoms with Gasteiger partial charge in [-0.15, -0.1) is 0 Å². The molecule has 15 heavy (non-hydrogen) atoms. The Hall–Kier alpha value is -0.800. The first-order valence-electron chi connectivity index (χ1n) is 4.56. The second-order valence-corrected chi connectivity index (χ2v) is 4.42. The highest BCUT2D eigenvalue weighted by Gasteiger charge is 2.22. The molecule has 1 rings (SSSR count). The third-order valence-electron chi connectivity index (χ3n) is 2.38. The molecule has 2 nitrogen and oxygen atoms in total. The number of methoxy groups -OCH3 is 1. The fourth-order valence-corrected chi connectivity index (χ4v) is 1.52. The average molecular weight is 233 g/mol. The van der Waals surface area contributed by atoms with Gasteiger partial charge in [-0.25, -0.2) is 4.39 Å². The quantitative estimate of drug-likeness (QED) is 0.869. The molecule has 0 saturated carbocycles. The summed E-state index contributed by atoms with van der Waals surface area (Å²) in [5.74, 6) is -0.476. The SMILES string of the molecule is COc1c(F)cc(C(C)(C)CO)cc1Cl. The van der Waals surface area contributed by atoms with Gasteiger partial charge < -0.3 is 9.84 Å². The van der Waals surface area contributed by atoms with Crippen molar-refractivity contribution in [1.82, 2.24) is 0 Å². The Morgan fingerprint density at radius 3 is 2.47 bits per heavy atom. The molecule has 0 unspecified atom stereocenters. The second-order valence-electron chi connectivity index (χ2n) is 4.02. The van der Waals surface area contributed by atoms with Gasteiger partial charge in [0.1, 0.15) is 0 Å². The van der Waals surface area contributed by atoms with Gasteiger partial charge in [-0.2, -0.15) is 0 Å². The van der Waals surface area contributed by atoms with Crippen molar-refractivity contribution in [2.45, 2.75) is 19.3 Å². The number of hydrogen-bond acceptors (Lipinski definition) is 2. The van der Waals surface area contributed by atoms with Crippen molar-refractivity contribution >= 4 is 11.6 Å². The molecule has 0 atom stereocenters. The Morgan fingerprint density at radius 2 is 2.07 bits per heavy atom. The average Bonchev–Trinajstić information content (AvgIpc) is 2.17. The Labute approximate surface area is 93.6 Å². The molecular formula is C11H14ClFO2. The first-order chi connectivity index (χ1) is 6.92. The fourth-order valence-electron chi connectivity index (χ4n) is 1.24. The maximum atomic E-state index is 13.5. The van der Waals surface area contributed by atoms with Crippen molar-refractivity contribution in [2.75, 3.05) is 13.7 Å². The molecule has 1 N–H and O–H groups in total. The number of aliphatic hydroxyl groups excluding tert-OH is 1. The van der Waals surface area contributed by atoms with E-state index in [1.807, 2.05) is 13.8 Å². The van der Waals surface area contributed by atoms with Crippen molar-refractivity contribution in [3.8, 4) is 5.75 Å². The zero-order valence-corrected chi connectivity index (χ0v) is 9.73. The Balaban J connectivity index is 3.26. The van der Waals surface area contributed by atoms with E-state index in [1.54, 1.807) is 6.07 Å². The summed E-state index contributed by atoms with van der Waals surface area (Å²) in [7, 11) is 1.36. The minimum atomic E-state index is -0.517. The first kappa shape index (κ1) is 12.3. The Kier molecular flexibility index (Phi) is 3.58. The van der Waals surface area contributed by atoms with E-state index in [0.29, 0.717) is 5.56 Å². The van der Waals surface area contributed by atoms with Gasteiger partial charge in [-0.1, -0.05) is 25.4 Å². The monoisotopic (exact) mass is 232 g/mol. The summed E-state index contributed by atoms with van der Waals surface area (Å²) in [4.78, 5) is 0. The van der Waals surface area contributed by atoms with E-state index >= 15 is 0 Å². The molecule has 4 heteroatoms. The van der Waals surface area contributed by atoms with Gasteiger partial charge in [0.15, 0.2) is 11.6 Å². The molecular weight excluding hydrogens is 219 g/mol. The molecule has 1 aromatic rings. The predicted octanol–water partition coefficient (Wildman–Crippen LogP) is 2.76. The lowest BCUT2D eigenvalue weighted by Gasteiger charge is -2.23. The second kappa shape index (κ2) is 4.37. The van der Waals surface area contributed by atoms with E-state index in [1.165, 1.54) is 13.2 Å². The standard InChI is InChI=1S/C11H14ClFO2/c1-11(2,6-14)7-4-8(12)10(15-3)9(13)5-7/h4-5,14H,6H2,1-3H3. The first-order valence-corrected chi connectivity index (χ1v) is 4.94. The van der Waals surface area contributed by atoms with Gasteiger partial charge in [0.05, 0.1) is 18.7 Å². The number of halogens is 2. The minimum Gasteiger partial charge on any atom is -0.492 e. The molecule has 0 radical (unpaired) electrons. The lowest BCUT2D eigenvalue weighted by Crippen LogP contribution is -2.22. The molecule has 1 aromatic carbocycles. The van der Waals surface area contributed by atoms with Gasteiger partial charge in [0.25, 0.3) is 0 Å². The summed E-state index contributed by atoms with van der Waals surface area (Å²) in [5, 5.41) is 9.38. The Morgan fingerprint density at radius 1 is 1.47 bits per heavy atom. The molecule has 0 aliphatic carbocycles. The van der Waals surface area contributed by atoms with Crippen LogP contribution in [0, 0.1) is 5.82 Å². The molecule has 0 aromatic heterocycles. The van der Waals surface area contributed by atoms with Crippen LogP contribution in [0.1, 0.15) is 19.4 Å². The van der Waals surface area contributed by atoms with E-state index in [0.717, 1.165) is 0 Å². The lowest BCUT2D eigenvalue weighted by atomic mass is 9.85. The van der Waals surface area contributed by atoms with Crippen molar-refractivity contribution in [3.63, 3.8) is 0 Å². The van der Waals surface area contributed by atoms with Crippen molar-refractivity contribution in [2.24, 2.45) is 0 Å². The lowest BCUT2D eigenvalue weighted by molar-refractivity contribution is 0.218. The van der Waals surface area contributed by atoms with Crippen LogP contribution in [0.3, 0.4) is 0 Å². The molecule has 0 heterocycles. The zero-order valence-electron chi connectivity index (χ0n) is 8.97. The summed E-state index contributed by atoms with van der Waals surface area (Å²) < 4.78 is 18.3. The summed E-state index contributed by atoms with van der Waals surface area (Å²) in [6.07, 6.45) is 0. The summed E-state index contributed by atoms with van der Waals surface area (Å²) in [5.41, 5.74) is 0.129. The van der Waals surface area contributed by atoms with Gasteiger partial charge in [-0.05, 0) is 17.7 Å². The summed E-state index contributed by atoms with van der Waals surface area (Å²) >= 11 is 5.85. The smallest absolute Gasteiger partial charge is 0.173 e. The van der Waals surface area contributed by atoms with Crippen LogP contribution >= 0.6 is 11.6 Å². The highest BCUT2D eigenvalue weighted by molar-refractivity contribution is 6.32. The fraction of sp³-hybridized carbons (Fsp3) is 0.455. The molecule has 0 fully saturated rings. The molecule has 0 bridgehead atoms. The van der Waals surface area contributed by atoms with E-state index in [2.05, 4.69) is 0 Å². The molecule has 0 aliphatic rings. The van der Waals surface area contributed by atoms with Crippen LogP contribution in [-0.4, -0.2) is 18.8 Å². The summed E-state index contributed by atoms with van der Waals surface area (Å²) in [6, 6.07) is 2.95. The van der Waals surface area contributed by atoms with E-state index in [9.17, 15) is 4.39 Å². The van der Waals surface area contributed by atoms with Crippen LogP contribution in [0.15, 0.2) is 12.1 Å². The van der Waals surface area contributed by atoms with Crippen LogP contribution in [0.5, 0.6) is 5.75 Å². The van der Waals surface area contributed by atoms with Crippen molar-refractivity contribution < 1.29 is 14.2 Å². The number of hydrogen-bond donors (Lipinski definition) is 1. The van der Waals surface area contributed by atoms with Crippen molar-refractivity contribution in [3.05, 3.63) is 28.5 Å². The van der Waals surface area contributed by atoms with Crippen LogP contribution in [0.4, 0.5) is 4.39 Å². The minimum absolute atomic E-state index is 0.0363. The molecule has 0 aliphatic heterocycles. The third-order valence-corrected chi connectivity index (χ3v) is 2.66. The topological polar surface area (TPSA) is 29.5 Å². The normalized spacial score (nSPS) is 11.6. The highest BCUT2D eigenvalue weighted by atomic mass is 35.5. The Bertz CT molecular complexity index is 341. The molecule has 0 spiro atoms. The number of benzene rings is 1. The van der Waals surface area contributed by atoms with Gasteiger partial charge >= 0.3 is 0 Å². The molecule has 0 saturated heterocycles. The molecule has 0 amide bonds. The van der Waals surface area contributed by atoms with Crippen LogP contribution < -0.4 is 4.74 Å². The van der Waals surface area contributed by atoms with Gasteiger partial charge in [-0.3, -0.25) is 0 Å². The number of ether oxygens (including phenoxy) is 1. The largest absolute Gasteiger partial charge is 0.492 e. The number of aliphatic hydroxyl groups is 1. The van der Waals surface area contributed by atoms with Crippen LogP contribution in [-0.2, 0) is 5.41 Å². The maximum Gasteiger partial charge on any atom is 0.173 e. The van der Waals surface area contributed by atoms with E-state index in [4.69, 9.17) is 21.4 Å². The van der Waals surface area contributed by atoms with Gasteiger partial charge in [0, 0.05) is 5.41 Å². The predicted molar refractivity (Wildman–Crippen MR) is 58.1 cm³/mol. The maximum absolute atomic E-state index is 13.5. The zero-order chi connectivity index (χ0) is 11.6. The third kappa shape index (κ3) is 2.41.